The van der Waals surface area contributed by atoms with Gasteiger partial charge in [-0.3, -0.25) is 10.1 Å². The van der Waals surface area contributed by atoms with Gasteiger partial charge in [0, 0.05) is 17.8 Å². The molecule has 0 radical (unpaired) electrons. The minimum atomic E-state index is -0.329. The summed E-state index contributed by atoms with van der Waals surface area (Å²) < 4.78 is 5.20. The summed E-state index contributed by atoms with van der Waals surface area (Å²) in [5, 5.41) is 14.9. The maximum Gasteiger partial charge on any atom is 0.338 e. The normalized spacial score (nSPS) is 28.9. The first kappa shape index (κ1) is 18.2. The minimum Gasteiger partial charge on any atom is -0.462 e. The summed E-state index contributed by atoms with van der Waals surface area (Å²) >= 11 is 0. The van der Waals surface area contributed by atoms with Crippen molar-refractivity contribution < 1.29 is 14.5 Å². The molecule has 2 aromatic carbocycles. The number of nitro benzene ring substituents is 1. The van der Waals surface area contributed by atoms with Gasteiger partial charge in [0.2, 0.25) is 0 Å². The molecule has 29 heavy (non-hydrogen) atoms. The van der Waals surface area contributed by atoms with Gasteiger partial charge in [0.05, 0.1) is 23.1 Å². The number of hydrogen-bond acceptors (Lipinski definition) is 5. The molecular weight excluding hydrogens is 368 g/mol. The van der Waals surface area contributed by atoms with Crippen LogP contribution in [0, 0.1) is 27.9 Å². The van der Waals surface area contributed by atoms with Crippen molar-refractivity contribution >= 4 is 17.3 Å². The molecule has 6 heteroatoms. The van der Waals surface area contributed by atoms with Crippen molar-refractivity contribution in [3.63, 3.8) is 0 Å². The fraction of sp³-hybridized carbons (Fsp3) is 0.435. The zero-order valence-electron chi connectivity index (χ0n) is 16.3. The van der Waals surface area contributed by atoms with Gasteiger partial charge in [-0.25, -0.2) is 4.79 Å². The Bertz CT molecular complexity index is 989. The lowest BCUT2D eigenvalue weighted by molar-refractivity contribution is -0.384. The van der Waals surface area contributed by atoms with Gasteiger partial charge in [-0.2, -0.15) is 0 Å². The van der Waals surface area contributed by atoms with Crippen LogP contribution in [0.3, 0.4) is 0 Å². The highest BCUT2D eigenvalue weighted by molar-refractivity contribution is 5.90. The van der Waals surface area contributed by atoms with E-state index in [4.69, 9.17) is 4.74 Å². The summed E-state index contributed by atoms with van der Waals surface area (Å²) in [5.74, 6) is 1.71. The summed E-state index contributed by atoms with van der Waals surface area (Å²) in [7, 11) is 0. The fourth-order valence-corrected chi connectivity index (χ4v) is 5.99. The van der Waals surface area contributed by atoms with Crippen LogP contribution in [-0.4, -0.2) is 17.5 Å². The van der Waals surface area contributed by atoms with E-state index in [0.717, 1.165) is 11.3 Å². The van der Waals surface area contributed by atoms with E-state index in [1.54, 1.807) is 18.2 Å². The number of esters is 1. The number of carbonyl (C=O) groups is 1. The molecule has 0 amide bonds. The molecular formula is C23H24N2O4. The zero-order valence-corrected chi connectivity index (χ0v) is 16.3. The third-order valence-electron chi connectivity index (χ3n) is 7.04. The van der Waals surface area contributed by atoms with Crippen molar-refractivity contribution in [3.8, 4) is 0 Å². The number of anilines is 1. The van der Waals surface area contributed by atoms with Crippen LogP contribution in [-0.2, 0) is 4.74 Å². The number of nitro groups is 1. The van der Waals surface area contributed by atoms with E-state index in [1.807, 2.05) is 31.2 Å². The highest BCUT2D eigenvalue weighted by Crippen LogP contribution is 2.63. The number of carbonyl (C=O) groups excluding carboxylic acids is 1. The Morgan fingerprint density at radius 1 is 1.21 bits per heavy atom. The molecule has 0 aromatic heterocycles. The summed E-state index contributed by atoms with van der Waals surface area (Å²) in [4.78, 5) is 23.2. The van der Waals surface area contributed by atoms with Gasteiger partial charge < -0.3 is 10.1 Å². The molecule has 2 aliphatic carbocycles. The fourth-order valence-electron chi connectivity index (χ4n) is 5.99. The maximum absolute atomic E-state index is 12.3. The average Bonchev–Trinajstić information content (AvgIpc) is 3.35. The highest BCUT2D eigenvalue weighted by Gasteiger charge is 2.54. The molecule has 5 atom stereocenters. The Kier molecular flexibility index (Phi) is 4.30. The third kappa shape index (κ3) is 2.89. The molecule has 2 fully saturated rings. The Morgan fingerprint density at radius 3 is 2.83 bits per heavy atom. The molecule has 1 N–H and O–H groups in total. The number of rotatable bonds is 4. The quantitative estimate of drug-likeness (QED) is 0.446. The van der Waals surface area contributed by atoms with Crippen molar-refractivity contribution in [2.45, 2.75) is 38.1 Å². The van der Waals surface area contributed by atoms with Gasteiger partial charge in [-0.05, 0) is 79.2 Å². The SMILES string of the molecule is CCOC(=O)c1ccc2c(c1)[C@@H]1[C@H]3CC[C@@H](C3)[C@@H]1[C@@H](c1cccc([N+](=O)[O-])c1)N2. The maximum atomic E-state index is 12.3. The first-order chi connectivity index (χ1) is 14.1. The Hall–Kier alpha value is -2.89. The molecule has 2 bridgehead atoms. The van der Waals surface area contributed by atoms with Crippen LogP contribution in [0.25, 0.3) is 0 Å². The van der Waals surface area contributed by atoms with E-state index in [1.165, 1.54) is 24.8 Å². The van der Waals surface area contributed by atoms with Crippen molar-refractivity contribution in [1.82, 2.24) is 0 Å². The Labute approximate surface area is 169 Å². The zero-order chi connectivity index (χ0) is 20.1. The molecule has 1 aliphatic heterocycles. The van der Waals surface area contributed by atoms with Gasteiger partial charge in [0.25, 0.3) is 5.69 Å². The van der Waals surface area contributed by atoms with E-state index in [-0.39, 0.29) is 22.6 Å². The van der Waals surface area contributed by atoms with Crippen LogP contribution in [0.15, 0.2) is 42.5 Å². The summed E-state index contributed by atoms with van der Waals surface area (Å²) in [6, 6.07) is 12.8. The van der Waals surface area contributed by atoms with Crippen LogP contribution in [0.5, 0.6) is 0 Å². The number of nitrogens with one attached hydrogen (secondary N) is 1. The van der Waals surface area contributed by atoms with Gasteiger partial charge >= 0.3 is 5.97 Å². The third-order valence-corrected chi connectivity index (χ3v) is 7.04. The monoisotopic (exact) mass is 392 g/mol. The van der Waals surface area contributed by atoms with E-state index < -0.39 is 0 Å². The molecule has 0 spiro atoms. The van der Waals surface area contributed by atoms with E-state index in [2.05, 4.69) is 5.32 Å². The molecule has 0 unspecified atom stereocenters. The van der Waals surface area contributed by atoms with Crippen LogP contribution in [0.2, 0.25) is 0 Å². The second-order valence-electron chi connectivity index (χ2n) is 8.43. The first-order valence-corrected chi connectivity index (χ1v) is 10.4. The van der Waals surface area contributed by atoms with Gasteiger partial charge in [-0.15, -0.1) is 0 Å². The summed E-state index contributed by atoms with van der Waals surface area (Å²) in [6.07, 6.45) is 3.63. The van der Waals surface area contributed by atoms with Crippen LogP contribution < -0.4 is 5.32 Å². The number of nitrogens with zero attached hydrogens (tertiary/aromatic N) is 1. The number of non-ortho nitro benzene ring substituents is 1. The largest absolute Gasteiger partial charge is 0.462 e. The number of hydrogen-bond donors (Lipinski definition) is 1. The predicted molar refractivity (Wildman–Crippen MR) is 109 cm³/mol. The molecule has 6 nitrogen and oxygen atoms in total. The second-order valence-corrected chi connectivity index (χ2v) is 8.43. The lowest BCUT2D eigenvalue weighted by Crippen LogP contribution is -2.35. The van der Waals surface area contributed by atoms with Crippen LogP contribution >= 0.6 is 0 Å². The molecule has 2 saturated carbocycles. The average molecular weight is 392 g/mol. The summed E-state index contributed by atoms with van der Waals surface area (Å²) in [6.45, 7) is 2.17. The smallest absolute Gasteiger partial charge is 0.338 e. The highest BCUT2D eigenvalue weighted by atomic mass is 16.6. The first-order valence-electron chi connectivity index (χ1n) is 10.4. The second kappa shape index (κ2) is 6.87. The van der Waals surface area contributed by atoms with Crippen molar-refractivity contribution in [1.29, 1.82) is 0 Å². The van der Waals surface area contributed by atoms with E-state index in [9.17, 15) is 14.9 Å². The summed E-state index contributed by atoms with van der Waals surface area (Å²) in [5.41, 5.74) is 3.94. The molecule has 0 saturated heterocycles. The molecule has 1 heterocycles. The van der Waals surface area contributed by atoms with Gasteiger partial charge in [0.1, 0.15) is 0 Å². The number of ether oxygens (including phenoxy) is 1. The van der Waals surface area contributed by atoms with E-state index in [0.29, 0.717) is 35.8 Å². The minimum absolute atomic E-state index is 0.0520. The molecule has 150 valence electrons. The molecule has 3 aliphatic rings. The Balaban J connectivity index is 1.57. The van der Waals surface area contributed by atoms with E-state index >= 15 is 0 Å². The topological polar surface area (TPSA) is 81.5 Å². The van der Waals surface area contributed by atoms with Gasteiger partial charge in [0.15, 0.2) is 0 Å². The van der Waals surface area contributed by atoms with Crippen molar-refractivity contribution in [3.05, 3.63) is 69.3 Å². The van der Waals surface area contributed by atoms with Crippen LogP contribution in [0.4, 0.5) is 11.4 Å². The Morgan fingerprint density at radius 2 is 2.03 bits per heavy atom. The lowest BCUT2D eigenvalue weighted by Gasteiger charge is -2.43. The number of benzene rings is 2. The molecule has 5 rings (SSSR count). The van der Waals surface area contributed by atoms with Gasteiger partial charge in [-0.1, -0.05) is 12.1 Å². The van der Waals surface area contributed by atoms with Crippen molar-refractivity contribution in [2.75, 3.05) is 11.9 Å². The predicted octanol–water partition coefficient (Wildman–Crippen LogP) is 5.07. The molecule has 2 aromatic rings. The standard InChI is InChI=1S/C23H24N2O4/c1-2-29-23(26)16-8-9-19-18(12-16)20-13-6-7-14(10-13)21(20)22(24-19)15-4-3-5-17(11-15)25(27)28/h3-5,8-9,11-14,20-22,24H,2,6-7,10H2,1H3/t13-,14-,20-,21-,22+/m0/s1. The lowest BCUT2D eigenvalue weighted by atomic mass is 9.68. The van der Waals surface area contributed by atoms with Crippen LogP contribution in [0.1, 0.15) is 59.6 Å². The van der Waals surface area contributed by atoms with Crippen molar-refractivity contribution in [2.24, 2.45) is 17.8 Å². The number of fused-ring (bicyclic) bond motifs is 7.